The van der Waals surface area contributed by atoms with Crippen LogP contribution in [0.1, 0.15) is 24.8 Å². The molecule has 0 amide bonds. The minimum absolute atomic E-state index is 0.312. The van der Waals surface area contributed by atoms with E-state index in [1.807, 2.05) is 30.5 Å². The van der Waals surface area contributed by atoms with Crippen LogP contribution in [0.2, 0.25) is 0 Å². The van der Waals surface area contributed by atoms with Crippen LogP contribution in [0.25, 0.3) is 11.4 Å². The second-order valence-corrected chi connectivity index (χ2v) is 9.08. The van der Waals surface area contributed by atoms with Gasteiger partial charge in [-0.25, -0.2) is 18.1 Å². The maximum atomic E-state index is 12.2. The second kappa shape index (κ2) is 9.77. The van der Waals surface area contributed by atoms with Gasteiger partial charge in [0.25, 0.3) is 0 Å². The van der Waals surface area contributed by atoms with E-state index in [1.54, 1.807) is 41.8 Å². The molecule has 2 N–H and O–H groups in total. The van der Waals surface area contributed by atoms with Gasteiger partial charge in [0.15, 0.2) is 5.13 Å². The van der Waals surface area contributed by atoms with E-state index in [0.29, 0.717) is 11.4 Å². The van der Waals surface area contributed by atoms with Crippen molar-refractivity contribution in [1.82, 2.24) is 14.7 Å². The highest BCUT2D eigenvalue weighted by Gasteiger charge is 2.12. The number of aromatic nitrogens is 2. The van der Waals surface area contributed by atoms with Crippen LogP contribution in [-0.4, -0.2) is 31.5 Å². The number of thiazole rings is 1. The highest BCUT2D eigenvalue weighted by Crippen LogP contribution is 2.23. The molecule has 1 aromatic carbocycles. The molecule has 0 aliphatic heterocycles. The number of unbranched alkanes of at least 4 members (excludes halogenated alkanes) is 2. The Morgan fingerprint density at radius 2 is 1.75 bits per heavy atom. The Labute approximate surface area is 170 Å². The predicted octanol–water partition coefficient (Wildman–Crippen LogP) is 4.07. The van der Waals surface area contributed by atoms with E-state index in [4.69, 9.17) is 0 Å². The summed E-state index contributed by atoms with van der Waals surface area (Å²) in [5.41, 5.74) is 2.78. The quantitative estimate of drug-likeness (QED) is 0.487. The van der Waals surface area contributed by atoms with E-state index >= 15 is 0 Å². The summed E-state index contributed by atoms with van der Waals surface area (Å²) in [4.78, 5) is 9.15. The summed E-state index contributed by atoms with van der Waals surface area (Å²) in [6.45, 7) is 3.18. The van der Waals surface area contributed by atoms with Crippen LogP contribution in [0, 0.1) is 6.92 Å². The fraction of sp³-hybridized carbons (Fsp3) is 0.300. The number of hydrogen-bond acceptors (Lipinski definition) is 6. The molecule has 0 aliphatic rings. The molecule has 3 aromatic rings. The van der Waals surface area contributed by atoms with E-state index < -0.39 is 10.0 Å². The molecule has 0 saturated heterocycles. The third-order valence-electron chi connectivity index (χ3n) is 4.18. The molecular weight excluding hydrogens is 392 g/mol. The summed E-state index contributed by atoms with van der Waals surface area (Å²) in [5.74, 6) is 0. The normalized spacial score (nSPS) is 11.5. The van der Waals surface area contributed by atoms with Gasteiger partial charge in [0.2, 0.25) is 10.0 Å². The minimum atomic E-state index is -3.42. The molecule has 0 unspecified atom stereocenters. The van der Waals surface area contributed by atoms with E-state index in [0.717, 1.165) is 47.9 Å². The van der Waals surface area contributed by atoms with Crippen LogP contribution >= 0.6 is 11.3 Å². The number of aryl methyl sites for hydroxylation is 1. The average molecular weight is 417 g/mol. The Bertz CT molecular complexity index is 971. The van der Waals surface area contributed by atoms with E-state index in [1.165, 1.54) is 0 Å². The van der Waals surface area contributed by atoms with E-state index in [9.17, 15) is 8.42 Å². The highest BCUT2D eigenvalue weighted by atomic mass is 32.2. The first kappa shape index (κ1) is 20.4. The third kappa shape index (κ3) is 5.85. The molecule has 0 radical (unpaired) electrons. The lowest BCUT2D eigenvalue weighted by molar-refractivity contribution is 0.575. The molecule has 0 fully saturated rings. The predicted molar refractivity (Wildman–Crippen MR) is 114 cm³/mol. The average Bonchev–Trinajstić information content (AvgIpc) is 3.17. The van der Waals surface area contributed by atoms with Crippen LogP contribution in [0.3, 0.4) is 0 Å². The number of sulfonamides is 1. The van der Waals surface area contributed by atoms with Crippen molar-refractivity contribution in [1.29, 1.82) is 0 Å². The SMILES string of the molecule is Cc1ccc(S(=O)(=O)NCCCCCNc2nc(-c3ccccn3)cs2)cc1. The maximum absolute atomic E-state index is 12.2. The lowest BCUT2D eigenvalue weighted by Crippen LogP contribution is -2.24. The third-order valence-corrected chi connectivity index (χ3v) is 6.46. The molecule has 2 heterocycles. The number of rotatable bonds is 10. The largest absolute Gasteiger partial charge is 0.362 e. The zero-order valence-corrected chi connectivity index (χ0v) is 17.4. The van der Waals surface area contributed by atoms with Gasteiger partial charge in [0.1, 0.15) is 5.69 Å². The minimum Gasteiger partial charge on any atom is -0.362 e. The van der Waals surface area contributed by atoms with Crippen molar-refractivity contribution in [2.75, 3.05) is 18.4 Å². The Morgan fingerprint density at radius 1 is 0.964 bits per heavy atom. The number of anilines is 1. The number of benzene rings is 1. The van der Waals surface area contributed by atoms with Crippen molar-refractivity contribution in [3.8, 4) is 11.4 Å². The summed E-state index contributed by atoms with van der Waals surface area (Å²) in [6.07, 6.45) is 4.44. The molecule has 2 aromatic heterocycles. The summed E-state index contributed by atoms with van der Waals surface area (Å²) >= 11 is 1.56. The molecule has 0 bridgehead atoms. The van der Waals surface area contributed by atoms with Crippen LogP contribution < -0.4 is 10.0 Å². The first-order valence-electron chi connectivity index (χ1n) is 9.22. The van der Waals surface area contributed by atoms with Crippen molar-refractivity contribution in [3.63, 3.8) is 0 Å². The van der Waals surface area contributed by atoms with Crippen LogP contribution in [0.4, 0.5) is 5.13 Å². The Morgan fingerprint density at radius 3 is 2.50 bits per heavy atom. The first-order valence-corrected chi connectivity index (χ1v) is 11.6. The number of pyridine rings is 1. The summed E-state index contributed by atoms with van der Waals surface area (Å²) < 4.78 is 27.1. The summed E-state index contributed by atoms with van der Waals surface area (Å²) in [6, 6.07) is 12.6. The van der Waals surface area contributed by atoms with Gasteiger partial charge in [0, 0.05) is 24.7 Å². The van der Waals surface area contributed by atoms with Gasteiger partial charge >= 0.3 is 0 Å². The van der Waals surface area contributed by atoms with Crippen molar-refractivity contribution >= 4 is 26.5 Å². The van der Waals surface area contributed by atoms with Crippen LogP contribution in [-0.2, 0) is 10.0 Å². The van der Waals surface area contributed by atoms with Crippen molar-refractivity contribution in [2.45, 2.75) is 31.1 Å². The molecule has 28 heavy (non-hydrogen) atoms. The molecule has 8 heteroatoms. The van der Waals surface area contributed by atoms with E-state index in [-0.39, 0.29) is 0 Å². The number of nitrogens with one attached hydrogen (secondary N) is 2. The molecular formula is C20H24N4O2S2. The standard InChI is InChI=1S/C20H24N4O2S2/c1-16-8-10-17(11-9-16)28(25,26)23-14-5-2-4-13-22-20-24-19(15-27-20)18-7-3-6-12-21-18/h3,6-12,15,23H,2,4-5,13-14H2,1H3,(H,22,24). The van der Waals surface area contributed by atoms with Gasteiger partial charge in [0.05, 0.1) is 10.6 Å². The molecule has 0 saturated carbocycles. The van der Waals surface area contributed by atoms with Gasteiger partial charge in [-0.15, -0.1) is 11.3 Å². The molecule has 6 nitrogen and oxygen atoms in total. The van der Waals surface area contributed by atoms with Crippen LogP contribution in [0.5, 0.6) is 0 Å². The molecule has 0 spiro atoms. The van der Waals surface area contributed by atoms with E-state index in [2.05, 4.69) is 20.0 Å². The monoisotopic (exact) mass is 416 g/mol. The summed E-state index contributed by atoms with van der Waals surface area (Å²) in [7, 11) is -3.42. The fourth-order valence-electron chi connectivity index (χ4n) is 2.62. The van der Waals surface area contributed by atoms with Gasteiger partial charge in [-0.1, -0.05) is 30.2 Å². The van der Waals surface area contributed by atoms with Gasteiger partial charge in [-0.2, -0.15) is 0 Å². The zero-order valence-electron chi connectivity index (χ0n) is 15.8. The Balaban J connectivity index is 1.33. The topological polar surface area (TPSA) is 84.0 Å². The number of hydrogen-bond donors (Lipinski definition) is 2. The van der Waals surface area contributed by atoms with Gasteiger partial charge < -0.3 is 5.32 Å². The van der Waals surface area contributed by atoms with Crippen molar-refractivity contribution < 1.29 is 8.42 Å². The van der Waals surface area contributed by atoms with Gasteiger partial charge in [-0.05, 0) is 44.0 Å². The molecule has 0 atom stereocenters. The van der Waals surface area contributed by atoms with Crippen LogP contribution in [0.15, 0.2) is 58.9 Å². The molecule has 0 aliphatic carbocycles. The van der Waals surface area contributed by atoms with Gasteiger partial charge in [-0.3, -0.25) is 4.98 Å². The fourth-order valence-corrected chi connectivity index (χ4v) is 4.42. The summed E-state index contributed by atoms with van der Waals surface area (Å²) in [5, 5.41) is 6.18. The smallest absolute Gasteiger partial charge is 0.240 e. The number of nitrogens with zero attached hydrogens (tertiary/aromatic N) is 2. The lowest BCUT2D eigenvalue weighted by atomic mass is 10.2. The Hall–Kier alpha value is -2.29. The molecule has 148 valence electrons. The second-order valence-electron chi connectivity index (χ2n) is 6.45. The van der Waals surface area contributed by atoms with Crippen molar-refractivity contribution in [2.24, 2.45) is 0 Å². The highest BCUT2D eigenvalue weighted by molar-refractivity contribution is 7.89. The van der Waals surface area contributed by atoms with Crippen molar-refractivity contribution in [3.05, 3.63) is 59.6 Å². The lowest BCUT2D eigenvalue weighted by Gasteiger charge is -2.07. The first-order chi connectivity index (χ1) is 13.5. The zero-order chi connectivity index (χ0) is 19.8. The Kier molecular flexibility index (Phi) is 7.13. The maximum Gasteiger partial charge on any atom is 0.240 e. The molecule has 3 rings (SSSR count).